The van der Waals surface area contributed by atoms with E-state index in [1.54, 1.807) is 7.11 Å². The van der Waals surface area contributed by atoms with Gasteiger partial charge in [0.2, 0.25) is 0 Å². The molecule has 0 spiro atoms. The van der Waals surface area contributed by atoms with Crippen LogP contribution >= 0.6 is 22.7 Å². The first-order chi connectivity index (χ1) is 15.1. The Bertz CT molecular complexity index is 1370. The van der Waals surface area contributed by atoms with Crippen molar-refractivity contribution in [1.82, 2.24) is 9.97 Å². The molecular weight excluding hydrogens is 428 g/mol. The number of fused-ring (bicyclic) bond motifs is 2. The number of hydrogen-bond donors (Lipinski definition) is 2. The van der Waals surface area contributed by atoms with Crippen LogP contribution in [0.5, 0.6) is 5.75 Å². The molecule has 0 atom stereocenters. The van der Waals surface area contributed by atoms with Gasteiger partial charge in [0.15, 0.2) is 5.13 Å². The highest BCUT2D eigenvalue weighted by molar-refractivity contribution is 7.20. The van der Waals surface area contributed by atoms with Crippen LogP contribution in [0, 0.1) is 0 Å². The molecule has 5 rings (SSSR count). The number of hydrogen-bond acceptors (Lipinski definition) is 7. The van der Waals surface area contributed by atoms with E-state index in [-0.39, 0.29) is 5.91 Å². The number of rotatable bonds is 5. The van der Waals surface area contributed by atoms with E-state index in [0.717, 1.165) is 37.5 Å². The molecule has 0 saturated carbocycles. The summed E-state index contributed by atoms with van der Waals surface area (Å²) in [5.74, 6) is 0.392. The molecule has 0 aliphatic heterocycles. The minimum atomic E-state index is -0.198. The molecule has 154 valence electrons. The van der Waals surface area contributed by atoms with Gasteiger partial charge < -0.3 is 15.4 Å². The fourth-order valence-corrected chi connectivity index (χ4v) is 4.96. The monoisotopic (exact) mass is 446 g/mol. The van der Waals surface area contributed by atoms with Crippen molar-refractivity contribution in [3.05, 3.63) is 64.9 Å². The number of nitrogens with zero attached hydrogens (tertiary/aromatic N) is 2. The summed E-state index contributed by atoms with van der Waals surface area (Å²) in [6.45, 7) is 0. The normalized spacial score (nSPS) is 11.0. The third kappa shape index (κ3) is 3.71. The SMILES string of the molecule is CNc1nc(-c2ccc(OC)c(NC(=O)c3cc4cc5ccccc5nc4s3)c2)cs1. The van der Waals surface area contributed by atoms with E-state index in [1.807, 2.05) is 61.0 Å². The zero-order valence-electron chi connectivity index (χ0n) is 16.8. The Hall–Kier alpha value is -3.49. The Morgan fingerprint density at radius 2 is 1.90 bits per heavy atom. The van der Waals surface area contributed by atoms with Crippen LogP contribution in [0.15, 0.2) is 60.0 Å². The minimum absolute atomic E-state index is 0.198. The molecule has 0 saturated heterocycles. The van der Waals surface area contributed by atoms with Crippen molar-refractivity contribution in [3.8, 4) is 17.0 Å². The van der Waals surface area contributed by atoms with Gasteiger partial charge in [-0.1, -0.05) is 18.2 Å². The number of carbonyl (C=O) groups excluding carboxylic acids is 1. The number of ether oxygens (including phenoxy) is 1. The molecule has 31 heavy (non-hydrogen) atoms. The van der Waals surface area contributed by atoms with Gasteiger partial charge in [-0.2, -0.15) is 0 Å². The van der Waals surface area contributed by atoms with Crippen LogP contribution in [-0.4, -0.2) is 30.0 Å². The Labute approximate surface area is 186 Å². The number of aromatic nitrogens is 2. The van der Waals surface area contributed by atoms with E-state index in [2.05, 4.69) is 26.7 Å². The first kappa shape index (κ1) is 19.5. The van der Waals surface area contributed by atoms with E-state index >= 15 is 0 Å². The number of thiophene rings is 1. The first-order valence-corrected chi connectivity index (χ1v) is 11.3. The third-order valence-electron chi connectivity index (χ3n) is 4.90. The molecule has 3 heterocycles. The van der Waals surface area contributed by atoms with Crippen molar-refractivity contribution >= 4 is 60.5 Å². The summed E-state index contributed by atoms with van der Waals surface area (Å²) in [5.41, 5.74) is 3.25. The van der Waals surface area contributed by atoms with Gasteiger partial charge in [-0.25, -0.2) is 9.97 Å². The van der Waals surface area contributed by atoms with E-state index in [0.29, 0.717) is 16.3 Å². The van der Waals surface area contributed by atoms with E-state index in [9.17, 15) is 4.79 Å². The average molecular weight is 447 g/mol. The van der Waals surface area contributed by atoms with Gasteiger partial charge >= 0.3 is 0 Å². The number of anilines is 2. The lowest BCUT2D eigenvalue weighted by Gasteiger charge is -2.11. The highest BCUT2D eigenvalue weighted by Crippen LogP contribution is 2.33. The van der Waals surface area contributed by atoms with Crippen molar-refractivity contribution in [2.45, 2.75) is 0 Å². The van der Waals surface area contributed by atoms with Crippen LogP contribution in [0.4, 0.5) is 10.8 Å². The second-order valence-corrected chi connectivity index (χ2v) is 8.73. The van der Waals surface area contributed by atoms with Gasteiger partial charge in [-0.15, -0.1) is 22.7 Å². The molecule has 0 fully saturated rings. The Balaban J connectivity index is 1.47. The van der Waals surface area contributed by atoms with E-state index < -0.39 is 0 Å². The molecule has 2 aromatic carbocycles. The molecule has 0 bridgehead atoms. The molecule has 1 amide bonds. The second kappa shape index (κ2) is 7.98. The number of benzene rings is 2. The minimum Gasteiger partial charge on any atom is -0.495 e. The molecule has 6 nitrogen and oxygen atoms in total. The predicted octanol–water partition coefficient (Wildman–Crippen LogP) is 5.88. The Kier molecular flexibility index (Phi) is 5.01. The second-order valence-electron chi connectivity index (χ2n) is 6.84. The molecular formula is C23H18N4O2S2. The third-order valence-corrected chi connectivity index (χ3v) is 6.80. The lowest BCUT2D eigenvalue weighted by Crippen LogP contribution is -2.11. The molecule has 0 aliphatic rings. The van der Waals surface area contributed by atoms with E-state index in [1.165, 1.54) is 22.7 Å². The maximum atomic E-state index is 13.0. The fourth-order valence-electron chi connectivity index (χ4n) is 3.36. The summed E-state index contributed by atoms with van der Waals surface area (Å²) in [5, 5.41) is 10.8. The summed E-state index contributed by atoms with van der Waals surface area (Å²) < 4.78 is 5.46. The zero-order valence-corrected chi connectivity index (χ0v) is 18.4. The summed E-state index contributed by atoms with van der Waals surface area (Å²) in [6.07, 6.45) is 0. The van der Waals surface area contributed by atoms with Gasteiger partial charge in [0.05, 0.1) is 28.9 Å². The van der Waals surface area contributed by atoms with Crippen molar-refractivity contribution < 1.29 is 9.53 Å². The number of methoxy groups -OCH3 is 1. The number of para-hydroxylation sites is 1. The fraction of sp³-hybridized carbons (Fsp3) is 0.0870. The topological polar surface area (TPSA) is 76.1 Å². The summed E-state index contributed by atoms with van der Waals surface area (Å²) >= 11 is 2.90. The Morgan fingerprint density at radius 3 is 2.71 bits per heavy atom. The van der Waals surface area contributed by atoms with Crippen molar-refractivity contribution in [3.63, 3.8) is 0 Å². The molecule has 5 aromatic rings. The maximum absolute atomic E-state index is 13.0. The standard InChI is InChI=1S/C23H18N4O2S2/c1-24-23-27-18(12-30-23)14-7-8-19(29-2)17(10-14)25-21(28)20-11-15-9-13-5-3-4-6-16(13)26-22(15)31-20/h3-12H,1-2H3,(H,24,27)(H,25,28). The van der Waals surface area contributed by atoms with Crippen molar-refractivity contribution in [1.29, 1.82) is 0 Å². The van der Waals surface area contributed by atoms with Crippen molar-refractivity contribution in [2.24, 2.45) is 0 Å². The molecule has 8 heteroatoms. The smallest absolute Gasteiger partial charge is 0.265 e. The molecule has 0 aliphatic carbocycles. The summed E-state index contributed by atoms with van der Waals surface area (Å²) in [7, 11) is 3.42. The first-order valence-electron chi connectivity index (χ1n) is 9.57. The number of pyridine rings is 1. The lowest BCUT2D eigenvalue weighted by atomic mass is 10.1. The van der Waals surface area contributed by atoms with Crippen LogP contribution in [0.25, 0.3) is 32.4 Å². The van der Waals surface area contributed by atoms with Crippen LogP contribution < -0.4 is 15.4 Å². The highest BCUT2D eigenvalue weighted by atomic mass is 32.1. The van der Waals surface area contributed by atoms with E-state index in [4.69, 9.17) is 4.74 Å². The highest BCUT2D eigenvalue weighted by Gasteiger charge is 2.16. The number of nitrogens with one attached hydrogen (secondary N) is 2. The molecule has 0 unspecified atom stereocenters. The van der Waals surface area contributed by atoms with Crippen LogP contribution in [0.3, 0.4) is 0 Å². The zero-order chi connectivity index (χ0) is 21.4. The number of thiazole rings is 1. The van der Waals surface area contributed by atoms with Gasteiger partial charge in [-0.3, -0.25) is 4.79 Å². The number of carbonyl (C=O) groups is 1. The summed E-state index contributed by atoms with van der Waals surface area (Å²) in [6, 6.07) is 17.5. The Morgan fingerprint density at radius 1 is 1.03 bits per heavy atom. The molecule has 0 radical (unpaired) electrons. The van der Waals surface area contributed by atoms with Gasteiger partial charge in [0.25, 0.3) is 5.91 Å². The van der Waals surface area contributed by atoms with Crippen LogP contribution in [0.2, 0.25) is 0 Å². The summed E-state index contributed by atoms with van der Waals surface area (Å²) in [4.78, 5) is 23.7. The molecule has 2 N–H and O–H groups in total. The van der Waals surface area contributed by atoms with Crippen LogP contribution in [-0.2, 0) is 0 Å². The average Bonchev–Trinajstić information content (AvgIpc) is 3.44. The van der Waals surface area contributed by atoms with Crippen molar-refractivity contribution in [2.75, 3.05) is 24.8 Å². The largest absolute Gasteiger partial charge is 0.495 e. The van der Waals surface area contributed by atoms with Gasteiger partial charge in [0.1, 0.15) is 10.6 Å². The lowest BCUT2D eigenvalue weighted by molar-refractivity contribution is 0.103. The van der Waals surface area contributed by atoms with Gasteiger partial charge in [-0.05, 0) is 36.4 Å². The predicted molar refractivity (Wildman–Crippen MR) is 129 cm³/mol. The number of amides is 1. The quantitative estimate of drug-likeness (QED) is 0.353. The van der Waals surface area contributed by atoms with Crippen LogP contribution in [0.1, 0.15) is 9.67 Å². The molecule has 3 aromatic heterocycles. The maximum Gasteiger partial charge on any atom is 0.265 e. The van der Waals surface area contributed by atoms with Gasteiger partial charge in [0, 0.05) is 28.8 Å².